The van der Waals surface area contributed by atoms with Crippen LogP contribution in [0.4, 0.5) is 0 Å². The quantitative estimate of drug-likeness (QED) is 0.579. The minimum absolute atomic E-state index is 0.127. The van der Waals surface area contributed by atoms with Gasteiger partial charge in [-0.3, -0.25) is 9.59 Å². The molecule has 0 spiro atoms. The van der Waals surface area contributed by atoms with Crippen LogP contribution < -0.4 is 15.8 Å². The van der Waals surface area contributed by atoms with Gasteiger partial charge in [-0.2, -0.15) is 0 Å². The van der Waals surface area contributed by atoms with Crippen LogP contribution in [-0.2, 0) is 4.79 Å². The van der Waals surface area contributed by atoms with Gasteiger partial charge < -0.3 is 20.9 Å². The van der Waals surface area contributed by atoms with E-state index < -0.39 is 5.91 Å². The first-order chi connectivity index (χ1) is 9.13. The number of nitrogens with two attached hydrogens (primary N) is 1. The second-order valence-corrected chi connectivity index (χ2v) is 3.97. The minimum atomic E-state index is -0.550. The lowest BCUT2D eigenvalue weighted by molar-refractivity contribution is -0.119. The maximum Gasteiger partial charge on any atom is 0.255 e. The Kier molecular flexibility index (Phi) is 6.38. The summed E-state index contributed by atoms with van der Waals surface area (Å²) in [6, 6.07) is 6.42. The van der Waals surface area contributed by atoms with Crippen LogP contribution in [0.2, 0.25) is 0 Å². The van der Waals surface area contributed by atoms with Crippen molar-refractivity contribution >= 4 is 11.8 Å². The highest BCUT2D eigenvalue weighted by Crippen LogP contribution is 2.11. The summed E-state index contributed by atoms with van der Waals surface area (Å²) in [4.78, 5) is 22.2. The summed E-state index contributed by atoms with van der Waals surface area (Å²) in [6.07, 6.45) is 1.40. The number of aliphatic hydroxyl groups excluding tert-OH is 1. The molecule has 0 atom stereocenters. The zero-order chi connectivity index (χ0) is 14.1. The Balaban J connectivity index is 2.42. The Morgan fingerprint density at radius 1 is 1.21 bits per heavy atom. The molecule has 0 radical (unpaired) electrons. The molecular weight excluding hydrogens is 248 g/mol. The fourth-order valence-corrected chi connectivity index (χ4v) is 1.40. The van der Waals surface area contributed by atoms with Gasteiger partial charge in [0.05, 0.1) is 0 Å². The van der Waals surface area contributed by atoms with E-state index in [1.54, 1.807) is 24.3 Å². The van der Waals surface area contributed by atoms with Gasteiger partial charge in [0.15, 0.2) is 6.61 Å². The third kappa shape index (κ3) is 5.87. The fourth-order valence-electron chi connectivity index (χ4n) is 1.40. The van der Waals surface area contributed by atoms with Gasteiger partial charge in [0.25, 0.3) is 11.8 Å². The first-order valence-corrected chi connectivity index (χ1v) is 6.03. The van der Waals surface area contributed by atoms with Crippen molar-refractivity contribution in [3.63, 3.8) is 0 Å². The van der Waals surface area contributed by atoms with Crippen LogP contribution in [0.15, 0.2) is 24.3 Å². The Labute approximate surface area is 111 Å². The third-order valence-electron chi connectivity index (χ3n) is 2.37. The van der Waals surface area contributed by atoms with E-state index in [1.165, 1.54) is 0 Å². The standard InChI is InChI=1S/C13H18N2O4/c14-12(17)9-19-11-5-3-10(4-6-11)13(18)15-7-1-2-8-16/h3-6,16H,1-2,7-9H2,(H2,14,17)(H,15,18). The Morgan fingerprint density at radius 3 is 2.47 bits per heavy atom. The van der Waals surface area contributed by atoms with E-state index in [0.29, 0.717) is 24.3 Å². The van der Waals surface area contributed by atoms with Crippen LogP contribution >= 0.6 is 0 Å². The van der Waals surface area contributed by atoms with E-state index in [2.05, 4.69) is 5.32 Å². The maximum absolute atomic E-state index is 11.7. The number of benzene rings is 1. The van der Waals surface area contributed by atoms with Gasteiger partial charge in [-0.05, 0) is 37.1 Å². The minimum Gasteiger partial charge on any atom is -0.484 e. The van der Waals surface area contributed by atoms with Crippen LogP contribution in [-0.4, -0.2) is 36.7 Å². The summed E-state index contributed by atoms with van der Waals surface area (Å²) >= 11 is 0. The number of nitrogens with one attached hydrogen (secondary N) is 1. The van der Waals surface area contributed by atoms with Crippen LogP contribution in [0.25, 0.3) is 0 Å². The molecule has 0 fully saturated rings. The highest BCUT2D eigenvalue weighted by atomic mass is 16.5. The smallest absolute Gasteiger partial charge is 0.255 e. The van der Waals surface area contributed by atoms with Gasteiger partial charge in [0.1, 0.15) is 5.75 Å². The molecule has 1 aromatic rings. The topological polar surface area (TPSA) is 102 Å². The summed E-state index contributed by atoms with van der Waals surface area (Å²) in [7, 11) is 0. The lowest BCUT2D eigenvalue weighted by Gasteiger charge is -2.06. The number of hydrogen-bond acceptors (Lipinski definition) is 4. The molecule has 4 N–H and O–H groups in total. The van der Waals surface area contributed by atoms with E-state index in [0.717, 1.165) is 6.42 Å². The highest BCUT2D eigenvalue weighted by molar-refractivity contribution is 5.94. The molecule has 0 aliphatic rings. The lowest BCUT2D eigenvalue weighted by atomic mass is 10.2. The summed E-state index contributed by atoms with van der Waals surface area (Å²) in [6.45, 7) is 0.466. The average molecular weight is 266 g/mol. The molecule has 104 valence electrons. The van der Waals surface area contributed by atoms with Crippen molar-refractivity contribution in [3.8, 4) is 5.75 Å². The van der Waals surface area contributed by atoms with Crippen molar-refractivity contribution in [2.45, 2.75) is 12.8 Å². The zero-order valence-corrected chi connectivity index (χ0v) is 10.6. The number of rotatable bonds is 8. The van der Waals surface area contributed by atoms with Gasteiger partial charge in [0.2, 0.25) is 0 Å². The van der Waals surface area contributed by atoms with E-state index >= 15 is 0 Å². The number of hydrogen-bond donors (Lipinski definition) is 3. The summed E-state index contributed by atoms with van der Waals surface area (Å²) in [5.74, 6) is -0.249. The second kappa shape index (κ2) is 8.10. The first kappa shape index (κ1) is 15.0. The molecule has 0 aliphatic carbocycles. The molecule has 1 aromatic carbocycles. The maximum atomic E-state index is 11.7. The average Bonchev–Trinajstić information content (AvgIpc) is 2.41. The van der Waals surface area contributed by atoms with Gasteiger partial charge in [-0.1, -0.05) is 0 Å². The number of aliphatic hydroxyl groups is 1. The van der Waals surface area contributed by atoms with Crippen molar-refractivity contribution in [2.75, 3.05) is 19.8 Å². The molecule has 2 amide bonds. The van der Waals surface area contributed by atoms with Crippen molar-refractivity contribution in [3.05, 3.63) is 29.8 Å². The van der Waals surface area contributed by atoms with E-state index in [1.807, 2.05) is 0 Å². The van der Waals surface area contributed by atoms with Crippen LogP contribution in [0.1, 0.15) is 23.2 Å². The SMILES string of the molecule is NC(=O)COc1ccc(C(=O)NCCCCO)cc1. The molecule has 0 saturated heterocycles. The van der Waals surface area contributed by atoms with Crippen molar-refractivity contribution in [2.24, 2.45) is 5.73 Å². The fraction of sp³-hybridized carbons (Fsp3) is 0.385. The molecule has 0 saturated carbocycles. The predicted octanol–water partition coefficient (Wildman–Crippen LogP) is 0.0530. The molecule has 0 unspecified atom stereocenters. The van der Waals surface area contributed by atoms with Crippen molar-refractivity contribution in [1.82, 2.24) is 5.32 Å². The highest BCUT2D eigenvalue weighted by Gasteiger charge is 2.05. The summed E-state index contributed by atoms with van der Waals surface area (Å²) < 4.78 is 5.08. The number of amides is 2. The van der Waals surface area contributed by atoms with Gasteiger partial charge in [-0.25, -0.2) is 0 Å². The largest absolute Gasteiger partial charge is 0.484 e. The lowest BCUT2D eigenvalue weighted by Crippen LogP contribution is -2.24. The molecule has 0 bridgehead atoms. The van der Waals surface area contributed by atoms with Gasteiger partial charge in [-0.15, -0.1) is 0 Å². The van der Waals surface area contributed by atoms with Crippen LogP contribution in [0.3, 0.4) is 0 Å². The number of ether oxygens (including phenoxy) is 1. The summed E-state index contributed by atoms with van der Waals surface area (Å²) in [5.41, 5.74) is 5.46. The monoisotopic (exact) mass is 266 g/mol. The Bertz CT molecular complexity index is 417. The van der Waals surface area contributed by atoms with Crippen LogP contribution in [0, 0.1) is 0 Å². The van der Waals surface area contributed by atoms with E-state index in [-0.39, 0.29) is 19.1 Å². The van der Waals surface area contributed by atoms with Crippen molar-refractivity contribution < 1.29 is 19.4 Å². The number of unbranched alkanes of at least 4 members (excludes halogenated alkanes) is 1. The number of carbonyl (C=O) groups is 2. The molecular formula is C13H18N2O4. The number of primary amides is 1. The Hall–Kier alpha value is -2.08. The molecule has 6 nitrogen and oxygen atoms in total. The van der Waals surface area contributed by atoms with E-state index in [4.69, 9.17) is 15.6 Å². The predicted molar refractivity (Wildman–Crippen MR) is 69.8 cm³/mol. The van der Waals surface area contributed by atoms with E-state index in [9.17, 15) is 9.59 Å². The number of carbonyl (C=O) groups excluding carboxylic acids is 2. The molecule has 6 heteroatoms. The Morgan fingerprint density at radius 2 is 1.89 bits per heavy atom. The van der Waals surface area contributed by atoms with Gasteiger partial charge in [0, 0.05) is 18.7 Å². The van der Waals surface area contributed by atoms with Crippen LogP contribution in [0.5, 0.6) is 5.75 Å². The first-order valence-electron chi connectivity index (χ1n) is 6.03. The molecule has 19 heavy (non-hydrogen) atoms. The molecule has 1 rings (SSSR count). The molecule has 0 aromatic heterocycles. The normalized spacial score (nSPS) is 9.95. The summed E-state index contributed by atoms with van der Waals surface area (Å²) in [5, 5.41) is 11.3. The molecule has 0 heterocycles. The third-order valence-corrected chi connectivity index (χ3v) is 2.37. The zero-order valence-electron chi connectivity index (χ0n) is 10.6. The second-order valence-electron chi connectivity index (χ2n) is 3.97. The molecule has 0 aliphatic heterocycles. The van der Waals surface area contributed by atoms with Crippen molar-refractivity contribution in [1.29, 1.82) is 0 Å². The van der Waals surface area contributed by atoms with Gasteiger partial charge >= 0.3 is 0 Å².